The fourth-order valence-electron chi connectivity index (χ4n) is 1.18. The predicted octanol–water partition coefficient (Wildman–Crippen LogP) is -0.685. The van der Waals surface area contributed by atoms with Crippen LogP contribution in [0.2, 0.25) is 0 Å². The standard InChI is InChI=1S/C8H10N6O2/c1-14-4-5(3-11-14)2-10-8(15)6-7(9)13-16-12-6/h3-4H,2H2,1H3,(H2,9,13)(H,10,15). The molecular weight excluding hydrogens is 212 g/mol. The van der Waals surface area contributed by atoms with Crippen LogP contribution in [0.3, 0.4) is 0 Å². The largest absolute Gasteiger partial charge is 0.379 e. The molecule has 0 unspecified atom stereocenters. The highest BCUT2D eigenvalue weighted by atomic mass is 16.6. The molecule has 0 bridgehead atoms. The molecule has 0 aliphatic carbocycles. The number of amides is 1. The lowest BCUT2D eigenvalue weighted by Gasteiger charge is -1.99. The van der Waals surface area contributed by atoms with Gasteiger partial charge in [-0.1, -0.05) is 0 Å². The minimum Gasteiger partial charge on any atom is -0.379 e. The normalized spacial score (nSPS) is 10.3. The molecule has 8 nitrogen and oxygen atoms in total. The Morgan fingerprint density at radius 1 is 1.62 bits per heavy atom. The third-order valence-electron chi connectivity index (χ3n) is 1.94. The minimum atomic E-state index is -0.428. The van der Waals surface area contributed by atoms with E-state index >= 15 is 0 Å². The molecule has 0 spiro atoms. The Morgan fingerprint density at radius 2 is 2.44 bits per heavy atom. The summed E-state index contributed by atoms with van der Waals surface area (Å²) in [6, 6.07) is 0. The zero-order chi connectivity index (χ0) is 11.5. The molecule has 1 amide bonds. The van der Waals surface area contributed by atoms with Gasteiger partial charge in [0.15, 0.2) is 0 Å². The second-order valence-corrected chi connectivity index (χ2v) is 3.20. The van der Waals surface area contributed by atoms with Crippen LogP contribution in [0.5, 0.6) is 0 Å². The van der Waals surface area contributed by atoms with E-state index in [1.807, 2.05) is 0 Å². The highest BCUT2D eigenvalue weighted by molar-refractivity contribution is 5.95. The first-order valence-electron chi connectivity index (χ1n) is 4.50. The van der Waals surface area contributed by atoms with Crippen LogP contribution >= 0.6 is 0 Å². The lowest BCUT2D eigenvalue weighted by Crippen LogP contribution is -2.23. The van der Waals surface area contributed by atoms with Crippen LogP contribution in [-0.2, 0) is 13.6 Å². The Labute approximate surface area is 90.4 Å². The fourth-order valence-corrected chi connectivity index (χ4v) is 1.18. The molecule has 2 heterocycles. The molecule has 84 valence electrons. The molecular formula is C8H10N6O2. The molecule has 2 aromatic rings. The van der Waals surface area contributed by atoms with Crippen LogP contribution in [0.4, 0.5) is 5.82 Å². The summed E-state index contributed by atoms with van der Waals surface area (Å²) in [6.45, 7) is 0.346. The van der Waals surface area contributed by atoms with Gasteiger partial charge in [-0.2, -0.15) is 5.10 Å². The molecule has 0 saturated heterocycles. The van der Waals surface area contributed by atoms with Gasteiger partial charge < -0.3 is 11.1 Å². The van der Waals surface area contributed by atoms with E-state index in [0.717, 1.165) is 5.56 Å². The summed E-state index contributed by atoms with van der Waals surface area (Å²) >= 11 is 0. The van der Waals surface area contributed by atoms with Gasteiger partial charge in [0, 0.05) is 25.4 Å². The van der Waals surface area contributed by atoms with Crippen molar-refractivity contribution in [3.05, 3.63) is 23.7 Å². The molecule has 0 fully saturated rings. The molecule has 8 heteroatoms. The van der Waals surface area contributed by atoms with Gasteiger partial charge in [0.25, 0.3) is 5.91 Å². The van der Waals surface area contributed by atoms with Crippen molar-refractivity contribution in [2.45, 2.75) is 6.54 Å². The third-order valence-corrected chi connectivity index (χ3v) is 1.94. The molecule has 0 aromatic carbocycles. The third kappa shape index (κ3) is 2.00. The number of anilines is 1. The second-order valence-electron chi connectivity index (χ2n) is 3.20. The zero-order valence-corrected chi connectivity index (χ0v) is 8.54. The van der Waals surface area contributed by atoms with Gasteiger partial charge >= 0.3 is 0 Å². The van der Waals surface area contributed by atoms with Gasteiger partial charge in [-0.25, -0.2) is 4.63 Å². The lowest BCUT2D eigenvalue weighted by molar-refractivity contribution is 0.0941. The van der Waals surface area contributed by atoms with Crippen LogP contribution in [0.15, 0.2) is 17.0 Å². The molecule has 0 atom stereocenters. The second kappa shape index (κ2) is 4.01. The maximum atomic E-state index is 11.5. The Balaban J connectivity index is 1.96. The number of hydrogen-bond acceptors (Lipinski definition) is 6. The van der Waals surface area contributed by atoms with Gasteiger partial charge in [0.1, 0.15) is 0 Å². The summed E-state index contributed by atoms with van der Waals surface area (Å²) in [5.41, 5.74) is 6.24. The molecule has 0 aliphatic rings. The summed E-state index contributed by atoms with van der Waals surface area (Å²) in [5.74, 6) is -0.453. The number of aryl methyl sites for hydroxylation is 1. The molecule has 0 radical (unpaired) electrons. The Bertz CT molecular complexity index is 502. The number of nitrogens with zero attached hydrogens (tertiary/aromatic N) is 4. The predicted molar refractivity (Wildman–Crippen MR) is 53.1 cm³/mol. The number of nitrogens with one attached hydrogen (secondary N) is 1. The maximum Gasteiger partial charge on any atom is 0.277 e. The summed E-state index contributed by atoms with van der Waals surface area (Å²) in [5, 5.41) is 13.3. The number of nitrogen functional groups attached to an aromatic ring is 1. The van der Waals surface area contributed by atoms with Crippen molar-refractivity contribution in [2.24, 2.45) is 7.05 Å². The van der Waals surface area contributed by atoms with Crippen molar-refractivity contribution < 1.29 is 9.42 Å². The number of carbonyl (C=O) groups excluding carboxylic acids is 1. The quantitative estimate of drug-likeness (QED) is 0.711. The summed E-state index contributed by atoms with van der Waals surface area (Å²) in [4.78, 5) is 11.5. The minimum absolute atomic E-state index is 0.0103. The highest BCUT2D eigenvalue weighted by Crippen LogP contribution is 2.04. The first-order chi connectivity index (χ1) is 7.66. The van der Waals surface area contributed by atoms with Crippen molar-refractivity contribution in [1.82, 2.24) is 25.4 Å². The van der Waals surface area contributed by atoms with E-state index < -0.39 is 5.91 Å². The fraction of sp³-hybridized carbons (Fsp3) is 0.250. The van der Waals surface area contributed by atoms with Gasteiger partial charge in [-0.3, -0.25) is 9.48 Å². The Hall–Kier alpha value is -2.38. The molecule has 2 aromatic heterocycles. The summed E-state index contributed by atoms with van der Waals surface area (Å²) in [6.07, 6.45) is 3.45. The van der Waals surface area contributed by atoms with Crippen molar-refractivity contribution in [2.75, 3.05) is 5.73 Å². The monoisotopic (exact) mass is 222 g/mol. The molecule has 0 aliphatic heterocycles. The first kappa shape index (κ1) is 10.1. The van der Waals surface area contributed by atoms with E-state index in [-0.39, 0.29) is 11.5 Å². The van der Waals surface area contributed by atoms with Gasteiger partial charge in [0.2, 0.25) is 11.5 Å². The van der Waals surface area contributed by atoms with Gasteiger partial charge in [-0.15, -0.1) is 0 Å². The SMILES string of the molecule is Cn1cc(CNC(=O)c2nonc2N)cn1. The van der Waals surface area contributed by atoms with Crippen LogP contribution < -0.4 is 11.1 Å². The summed E-state index contributed by atoms with van der Waals surface area (Å²) in [7, 11) is 1.80. The molecule has 2 rings (SSSR count). The number of aromatic nitrogens is 4. The van der Waals surface area contributed by atoms with Crippen molar-refractivity contribution >= 4 is 11.7 Å². The van der Waals surface area contributed by atoms with Crippen LogP contribution in [0, 0.1) is 0 Å². The number of hydrogen-bond donors (Lipinski definition) is 2. The van der Waals surface area contributed by atoms with E-state index in [1.165, 1.54) is 0 Å². The van der Waals surface area contributed by atoms with Crippen LogP contribution in [-0.4, -0.2) is 26.0 Å². The maximum absolute atomic E-state index is 11.5. The molecule has 0 saturated carbocycles. The number of rotatable bonds is 3. The van der Waals surface area contributed by atoms with E-state index in [1.54, 1.807) is 24.1 Å². The van der Waals surface area contributed by atoms with E-state index in [0.29, 0.717) is 6.54 Å². The van der Waals surface area contributed by atoms with Gasteiger partial charge in [-0.05, 0) is 10.3 Å². The average Bonchev–Trinajstić information content (AvgIpc) is 2.84. The highest BCUT2D eigenvalue weighted by Gasteiger charge is 2.15. The smallest absolute Gasteiger partial charge is 0.277 e. The van der Waals surface area contributed by atoms with Gasteiger partial charge in [0.05, 0.1) is 6.20 Å². The average molecular weight is 222 g/mol. The Kier molecular flexibility index (Phi) is 2.54. The number of nitrogens with two attached hydrogens (primary N) is 1. The summed E-state index contributed by atoms with van der Waals surface area (Å²) < 4.78 is 5.97. The van der Waals surface area contributed by atoms with E-state index in [2.05, 4.69) is 25.4 Å². The molecule has 3 N–H and O–H groups in total. The van der Waals surface area contributed by atoms with Crippen molar-refractivity contribution in [3.63, 3.8) is 0 Å². The zero-order valence-electron chi connectivity index (χ0n) is 8.54. The topological polar surface area (TPSA) is 112 Å². The first-order valence-corrected chi connectivity index (χ1v) is 4.50. The van der Waals surface area contributed by atoms with E-state index in [9.17, 15) is 4.79 Å². The van der Waals surface area contributed by atoms with E-state index in [4.69, 9.17) is 5.73 Å². The van der Waals surface area contributed by atoms with Crippen LogP contribution in [0.1, 0.15) is 16.1 Å². The molecule has 16 heavy (non-hydrogen) atoms. The van der Waals surface area contributed by atoms with Crippen molar-refractivity contribution in [3.8, 4) is 0 Å². The lowest BCUT2D eigenvalue weighted by atomic mass is 10.3. The van der Waals surface area contributed by atoms with Crippen molar-refractivity contribution in [1.29, 1.82) is 0 Å². The van der Waals surface area contributed by atoms with Crippen LogP contribution in [0.25, 0.3) is 0 Å². The Morgan fingerprint density at radius 3 is 3.00 bits per heavy atom. The number of carbonyl (C=O) groups is 1.